The molecule has 1 aromatic carbocycles. The van der Waals surface area contributed by atoms with Gasteiger partial charge in [-0.05, 0) is 51.7 Å². The van der Waals surface area contributed by atoms with Crippen LogP contribution in [-0.4, -0.2) is 88.8 Å². The summed E-state index contributed by atoms with van der Waals surface area (Å²) < 4.78 is 13.2. The number of fused-ring (bicyclic) bond motifs is 3. The van der Waals surface area contributed by atoms with Gasteiger partial charge in [0, 0.05) is 25.5 Å². The molecule has 3 heterocycles. The Morgan fingerprint density at radius 2 is 1.83 bits per heavy atom. The van der Waals surface area contributed by atoms with Crippen LogP contribution in [-0.2, 0) is 11.3 Å². The number of carbonyl (C=O) groups excluding carboxylic acids is 2. The third-order valence-corrected chi connectivity index (χ3v) is 5.74. The predicted molar refractivity (Wildman–Crippen MR) is 111 cm³/mol. The summed E-state index contributed by atoms with van der Waals surface area (Å²) >= 11 is 0. The molecule has 1 fully saturated rings. The van der Waals surface area contributed by atoms with E-state index in [4.69, 9.17) is 4.99 Å². The number of urea groups is 1. The van der Waals surface area contributed by atoms with Crippen LogP contribution < -0.4 is 0 Å². The minimum absolute atomic E-state index is 0.101. The molecule has 0 saturated carbocycles. The van der Waals surface area contributed by atoms with Gasteiger partial charge < -0.3 is 19.6 Å². The lowest BCUT2D eigenvalue weighted by atomic mass is 10.1. The van der Waals surface area contributed by atoms with E-state index in [9.17, 15) is 14.0 Å². The third kappa shape index (κ3) is 3.43. The highest BCUT2D eigenvalue weighted by Gasteiger charge is 2.54. The highest BCUT2D eigenvalue weighted by atomic mass is 19.1. The highest BCUT2D eigenvalue weighted by Crippen LogP contribution is 2.34. The van der Waals surface area contributed by atoms with Crippen LogP contribution in [0.3, 0.4) is 0 Å². The molecule has 0 N–H and O–H groups in total. The maximum Gasteiger partial charge on any atom is 0.328 e. The molecule has 3 aliphatic heterocycles. The number of halogens is 1. The second-order valence-corrected chi connectivity index (χ2v) is 8.22. The zero-order valence-corrected chi connectivity index (χ0v) is 17.7. The average Bonchev–Trinajstić information content (AvgIpc) is 3.20. The van der Waals surface area contributed by atoms with Gasteiger partial charge in [0.15, 0.2) is 12.2 Å². The Morgan fingerprint density at radius 1 is 1.13 bits per heavy atom. The van der Waals surface area contributed by atoms with E-state index < -0.39 is 18.2 Å². The Morgan fingerprint density at radius 3 is 2.50 bits per heavy atom. The van der Waals surface area contributed by atoms with Crippen molar-refractivity contribution in [3.63, 3.8) is 0 Å². The van der Waals surface area contributed by atoms with Crippen molar-refractivity contribution in [2.24, 2.45) is 4.99 Å². The van der Waals surface area contributed by atoms with Crippen LogP contribution in [0.1, 0.15) is 18.9 Å². The van der Waals surface area contributed by atoms with E-state index in [1.54, 1.807) is 19.2 Å². The molecule has 8 nitrogen and oxygen atoms in total. The van der Waals surface area contributed by atoms with Gasteiger partial charge in [0.25, 0.3) is 5.91 Å². The van der Waals surface area contributed by atoms with Crippen LogP contribution >= 0.6 is 0 Å². The quantitative estimate of drug-likeness (QED) is 0.709. The fourth-order valence-electron chi connectivity index (χ4n) is 4.14. The normalized spacial score (nSPS) is 23.3. The summed E-state index contributed by atoms with van der Waals surface area (Å²) in [6.45, 7) is 3.85. The number of nitrogens with zero attached hydrogens (tertiary/aromatic N) is 6. The number of hydrogen-bond acceptors (Lipinski definition) is 6. The zero-order valence-electron chi connectivity index (χ0n) is 17.7. The highest BCUT2D eigenvalue weighted by molar-refractivity contribution is 6.04. The lowest BCUT2D eigenvalue weighted by molar-refractivity contribution is -0.137. The monoisotopic (exact) mass is 414 g/mol. The van der Waals surface area contributed by atoms with E-state index in [1.165, 1.54) is 21.9 Å². The molecule has 1 saturated heterocycles. The molecule has 0 aliphatic carbocycles. The SMILES string of the molecule is CC1=CN2C(=NC3C2C(=O)N(Cc2ccc(F)cc2)C(=O)N3C)N1CCCN(C)C. The number of rotatable bonds is 6. The molecule has 160 valence electrons. The maximum absolute atomic E-state index is 13.3. The van der Waals surface area contributed by atoms with Gasteiger partial charge in [-0.25, -0.2) is 14.2 Å². The first-order valence-corrected chi connectivity index (χ1v) is 10.1. The van der Waals surface area contributed by atoms with Crippen molar-refractivity contribution in [3.8, 4) is 0 Å². The van der Waals surface area contributed by atoms with Gasteiger partial charge in [-0.2, -0.15) is 0 Å². The number of amides is 3. The number of allylic oxidation sites excluding steroid dienone is 1. The molecule has 4 rings (SSSR count). The maximum atomic E-state index is 13.3. The summed E-state index contributed by atoms with van der Waals surface area (Å²) in [4.78, 5) is 39.8. The van der Waals surface area contributed by atoms with Gasteiger partial charge in [-0.15, -0.1) is 0 Å². The van der Waals surface area contributed by atoms with Gasteiger partial charge in [-0.1, -0.05) is 12.1 Å². The minimum atomic E-state index is -0.586. The molecule has 9 heteroatoms. The van der Waals surface area contributed by atoms with Crippen molar-refractivity contribution in [1.29, 1.82) is 0 Å². The van der Waals surface area contributed by atoms with Crippen molar-refractivity contribution >= 4 is 17.9 Å². The van der Waals surface area contributed by atoms with Crippen molar-refractivity contribution in [2.45, 2.75) is 32.1 Å². The van der Waals surface area contributed by atoms with Gasteiger partial charge in [0.05, 0.1) is 6.54 Å². The van der Waals surface area contributed by atoms with Gasteiger partial charge in [-0.3, -0.25) is 9.69 Å². The van der Waals surface area contributed by atoms with Crippen molar-refractivity contribution in [2.75, 3.05) is 34.2 Å². The van der Waals surface area contributed by atoms with Crippen LogP contribution in [0.15, 0.2) is 41.2 Å². The van der Waals surface area contributed by atoms with Crippen LogP contribution in [0, 0.1) is 5.82 Å². The van der Waals surface area contributed by atoms with E-state index in [0.717, 1.165) is 31.2 Å². The van der Waals surface area contributed by atoms with Crippen LogP contribution in [0.25, 0.3) is 0 Å². The Labute approximate surface area is 175 Å². The Hall–Kier alpha value is -2.94. The fourth-order valence-corrected chi connectivity index (χ4v) is 4.14. The van der Waals surface area contributed by atoms with E-state index in [0.29, 0.717) is 5.56 Å². The fraction of sp³-hybridized carbons (Fsp3) is 0.476. The molecular formula is C21H27FN6O2. The molecule has 30 heavy (non-hydrogen) atoms. The Bertz CT molecular complexity index is 913. The van der Waals surface area contributed by atoms with Gasteiger partial charge in [0.1, 0.15) is 5.82 Å². The number of imide groups is 1. The average molecular weight is 414 g/mol. The molecule has 0 aromatic heterocycles. The zero-order chi connectivity index (χ0) is 21.6. The van der Waals surface area contributed by atoms with Gasteiger partial charge in [0.2, 0.25) is 5.96 Å². The largest absolute Gasteiger partial charge is 0.328 e. The van der Waals surface area contributed by atoms with Crippen LogP contribution in [0.2, 0.25) is 0 Å². The standard InChI is InChI=1S/C21H27FN6O2/c1-14-12-27-17-18(23-20(27)26(14)11-5-10-24(2)3)25(4)21(30)28(19(17)29)13-15-6-8-16(22)9-7-15/h6-9,12,17-18H,5,10-11,13H2,1-4H3. The summed E-state index contributed by atoms with van der Waals surface area (Å²) in [5.41, 5.74) is 1.73. The first-order chi connectivity index (χ1) is 14.3. The topological polar surface area (TPSA) is 62.7 Å². The number of carbonyl (C=O) groups is 2. The molecule has 1 aromatic rings. The second kappa shape index (κ2) is 7.71. The lowest BCUT2D eigenvalue weighted by Gasteiger charge is -2.40. The third-order valence-electron chi connectivity index (χ3n) is 5.74. The molecule has 2 unspecified atom stereocenters. The van der Waals surface area contributed by atoms with E-state index >= 15 is 0 Å². The number of aliphatic imine (C=N–C) groups is 1. The van der Waals surface area contributed by atoms with E-state index in [-0.39, 0.29) is 18.3 Å². The minimum Gasteiger partial charge on any atom is -0.315 e. The van der Waals surface area contributed by atoms with Crippen LogP contribution in [0.4, 0.5) is 9.18 Å². The number of hydrogen-bond donors (Lipinski definition) is 0. The van der Waals surface area contributed by atoms with Crippen LogP contribution in [0.5, 0.6) is 0 Å². The van der Waals surface area contributed by atoms with E-state index in [2.05, 4.69) is 9.80 Å². The first kappa shape index (κ1) is 20.3. The van der Waals surface area contributed by atoms with Crippen molar-refractivity contribution < 1.29 is 14.0 Å². The van der Waals surface area contributed by atoms with Crippen molar-refractivity contribution in [3.05, 3.63) is 47.5 Å². The molecule has 0 spiro atoms. The number of benzene rings is 1. The molecule has 0 bridgehead atoms. The molecule has 3 amide bonds. The Balaban J connectivity index is 1.55. The molecule has 2 atom stereocenters. The summed E-state index contributed by atoms with van der Waals surface area (Å²) in [6.07, 6.45) is 2.35. The van der Waals surface area contributed by atoms with Gasteiger partial charge >= 0.3 is 6.03 Å². The number of guanidine groups is 1. The van der Waals surface area contributed by atoms with E-state index in [1.807, 2.05) is 32.1 Å². The summed E-state index contributed by atoms with van der Waals surface area (Å²) in [5, 5.41) is 0. The predicted octanol–water partition coefficient (Wildman–Crippen LogP) is 1.71. The summed E-state index contributed by atoms with van der Waals surface area (Å²) in [6, 6.07) is 4.86. The summed E-state index contributed by atoms with van der Waals surface area (Å²) in [5.74, 6) is 0.0800. The first-order valence-electron chi connectivity index (χ1n) is 10.1. The molecule has 0 radical (unpaired) electrons. The van der Waals surface area contributed by atoms with Crippen molar-refractivity contribution in [1.82, 2.24) is 24.5 Å². The lowest BCUT2D eigenvalue weighted by Crippen LogP contribution is -2.63. The molecule has 3 aliphatic rings. The molecular weight excluding hydrogens is 387 g/mol. The smallest absolute Gasteiger partial charge is 0.315 e. The number of likely N-dealkylation sites (N-methyl/N-ethyl adjacent to an activating group) is 1. The second-order valence-electron chi connectivity index (χ2n) is 8.22. The summed E-state index contributed by atoms with van der Waals surface area (Å²) in [7, 11) is 5.74. The Kier molecular flexibility index (Phi) is 5.23.